The Morgan fingerprint density at radius 2 is 1.80 bits per heavy atom. The zero-order chi connectivity index (χ0) is 43.4. The lowest BCUT2D eigenvalue weighted by atomic mass is 10.2. The number of carbonyl (C=O) groups excluding carboxylic acids is 1. The van der Waals surface area contributed by atoms with Gasteiger partial charge < -0.3 is 28.6 Å². The zero-order valence-electron chi connectivity index (χ0n) is 35.6. The van der Waals surface area contributed by atoms with E-state index >= 15 is 0 Å². The molecule has 0 aliphatic heterocycles. The lowest BCUT2D eigenvalue weighted by Gasteiger charge is -2.16. The number of nitrogens with zero attached hydrogens (tertiary/aromatic N) is 6. The SMILES string of the molecule is CCOC(=O)c1nc(N(C)c2cc(C)c(N=c3sc4ccccc4n3COCC[Si](C)(C)C)nn2)sc1CCCOc1ccc(C#CCOCc2ccc(OC)cc2)cc1F. The first-order valence-electron chi connectivity index (χ1n) is 20.0. The van der Waals surface area contributed by atoms with Gasteiger partial charge in [0.2, 0.25) is 0 Å². The second-order valence-electron chi connectivity index (χ2n) is 15.2. The van der Waals surface area contributed by atoms with Crippen LogP contribution in [0.5, 0.6) is 11.5 Å². The number of methoxy groups -OCH3 is 1. The summed E-state index contributed by atoms with van der Waals surface area (Å²) in [5.41, 5.74) is 3.62. The minimum Gasteiger partial charge on any atom is -0.497 e. The van der Waals surface area contributed by atoms with E-state index in [-0.39, 0.29) is 31.3 Å². The van der Waals surface area contributed by atoms with Crippen molar-refractivity contribution >= 4 is 63.7 Å². The standard InChI is InChI=1S/C45H51FN6O6S2Si/c1-8-57-43(53)41-39(16-12-24-58-37-22-19-32(28-35(37)46)13-11-23-55-29-33-17-20-34(54-4)21-18-33)60-44(47-41)51(3)40-27-31(2)42(50-49-40)48-45-52(30-56-25-26-61(5,6)7)36-14-9-10-15-38(36)59-45/h9-10,14-15,17-22,27-28H,8,12,16,23-26,29-30H2,1-7H3. The van der Waals surface area contributed by atoms with Crippen LogP contribution in [-0.4, -0.2) is 74.4 Å². The predicted octanol–water partition coefficient (Wildman–Crippen LogP) is 9.47. The van der Waals surface area contributed by atoms with E-state index in [4.69, 9.17) is 28.7 Å². The van der Waals surface area contributed by atoms with E-state index in [1.54, 1.807) is 42.4 Å². The molecule has 0 saturated carbocycles. The minimum atomic E-state index is -1.23. The summed E-state index contributed by atoms with van der Waals surface area (Å²) < 4.78 is 46.2. The van der Waals surface area contributed by atoms with Crippen molar-refractivity contribution < 1.29 is 32.9 Å². The highest BCUT2D eigenvalue weighted by Gasteiger charge is 2.23. The lowest BCUT2D eigenvalue weighted by Crippen LogP contribution is -2.23. The van der Waals surface area contributed by atoms with E-state index in [9.17, 15) is 9.18 Å². The largest absolute Gasteiger partial charge is 0.497 e. The second kappa shape index (κ2) is 21.4. The van der Waals surface area contributed by atoms with Gasteiger partial charge in [0, 0.05) is 32.2 Å². The number of hydrogen-bond donors (Lipinski definition) is 0. The molecule has 0 aliphatic carbocycles. The Labute approximate surface area is 365 Å². The summed E-state index contributed by atoms with van der Waals surface area (Å²) in [4.78, 5) is 25.9. The van der Waals surface area contributed by atoms with Crippen LogP contribution in [0.3, 0.4) is 0 Å². The average molecular weight is 883 g/mol. The summed E-state index contributed by atoms with van der Waals surface area (Å²) in [6, 6.07) is 23.4. The van der Waals surface area contributed by atoms with Gasteiger partial charge in [0.1, 0.15) is 19.1 Å². The van der Waals surface area contributed by atoms with Crippen LogP contribution in [-0.2, 0) is 34.0 Å². The predicted molar refractivity (Wildman–Crippen MR) is 242 cm³/mol. The highest BCUT2D eigenvalue weighted by atomic mass is 32.1. The van der Waals surface area contributed by atoms with Crippen LogP contribution >= 0.6 is 22.7 Å². The number of esters is 1. The molecular formula is C45H51FN6O6S2Si. The number of anilines is 2. The first-order chi connectivity index (χ1) is 29.4. The summed E-state index contributed by atoms with van der Waals surface area (Å²) in [7, 11) is 2.22. The van der Waals surface area contributed by atoms with E-state index in [1.165, 1.54) is 17.4 Å². The molecule has 3 heterocycles. The van der Waals surface area contributed by atoms with Crippen LogP contribution < -0.4 is 19.2 Å². The summed E-state index contributed by atoms with van der Waals surface area (Å²) >= 11 is 2.93. The number of rotatable bonds is 19. The van der Waals surface area contributed by atoms with Crippen LogP contribution in [0.1, 0.15) is 45.4 Å². The molecule has 320 valence electrons. The minimum absolute atomic E-state index is 0.119. The third-order valence-electron chi connectivity index (χ3n) is 9.31. The number of para-hydroxylation sites is 1. The Balaban J connectivity index is 1.08. The van der Waals surface area contributed by atoms with Crippen molar-refractivity contribution in [3.8, 4) is 23.3 Å². The van der Waals surface area contributed by atoms with Gasteiger partial charge in [0.05, 0.1) is 37.1 Å². The third-order valence-corrected chi connectivity index (χ3v) is 13.3. The molecule has 0 aliphatic rings. The number of aromatic nitrogens is 4. The fourth-order valence-corrected chi connectivity index (χ4v) is 8.73. The van der Waals surface area contributed by atoms with Crippen molar-refractivity contribution in [1.82, 2.24) is 19.7 Å². The van der Waals surface area contributed by atoms with E-state index in [0.717, 1.165) is 42.8 Å². The summed E-state index contributed by atoms with van der Waals surface area (Å²) in [5.74, 6) is 6.76. The topological polar surface area (TPSA) is 122 Å². The van der Waals surface area contributed by atoms with Crippen molar-refractivity contribution in [2.75, 3.05) is 45.5 Å². The van der Waals surface area contributed by atoms with E-state index in [2.05, 4.69) is 63.4 Å². The molecule has 0 N–H and O–H groups in total. The smallest absolute Gasteiger partial charge is 0.358 e. The van der Waals surface area contributed by atoms with Gasteiger partial charge in [-0.3, -0.25) is 4.57 Å². The number of hydrogen-bond acceptors (Lipinski definition) is 13. The molecule has 0 saturated heterocycles. The van der Waals surface area contributed by atoms with E-state index < -0.39 is 19.9 Å². The number of ether oxygens (including phenoxy) is 5. The van der Waals surface area contributed by atoms with Gasteiger partial charge in [-0.05, 0) is 92.4 Å². The van der Waals surface area contributed by atoms with Gasteiger partial charge in [-0.25, -0.2) is 14.2 Å². The molecule has 6 aromatic rings. The molecular weight excluding hydrogens is 832 g/mol. The van der Waals surface area contributed by atoms with Crippen LogP contribution in [0.4, 0.5) is 21.2 Å². The Bertz CT molecular complexity index is 2560. The summed E-state index contributed by atoms with van der Waals surface area (Å²) in [6.45, 7) is 12.8. The molecule has 0 radical (unpaired) electrons. The highest BCUT2D eigenvalue weighted by molar-refractivity contribution is 7.16. The third kappa shape index (κ3) is 12.6. The normalized spacial score (nSPS) is 11.7. The van der Waals surface area contributed by atoms with Gasteiger partial charge >= 0.3 is 5.97 Å². The molecule has 0 fully saturated rings. The monoisotopic (exact) mass is 882 g/mol. The molecule has 6 rings (SSSR count). The summed E-state index contributed by atoms with van der Waals surface area (Å²) in [5, 5.41) is 9.57. The average Bonchev–Trinajstić information content (AvgIpc) is 3.83. The quantitative estimate of drug-likeness (QED) is 0.0337. The van der Waals surface area contributed by atoms with Crippen molar-refractivity contribution in [2.24, 2.45) is 4.99 Å². The number of aryl methyl sites for hydroxylation is 2. The van der Waals surface area contributed by atoms with Crippen LogP contribution in [0.15, 0.2) is 77.8 Å². The number of benzene rings is 3. The van der Waals surface area contributed by atoms with Gasteiger partial charge in [0.25, 0.3) is 0 Å². The Hall–Kier alpha value is -5.44. The van der Waals surface area contributed by atoms with E-state index in [1.807, 2.05) is 56.4 Å². The fraction of sp³-hybridized carbons (Fsp3) is 0.356. The van der Waals surface area contributed by atoms with Crippen molar-refractivity contribution in [3.63, 3.8) is 0 Å². The van der Waals surface area contributed by atoms with Crippen LogP contribution in [0.2, 0.25) is 25.7 Å². The molecule has 0 spiro atoms. The van der Waals surface area contributed by atoms with Crippen molar-refractivity contribution in [2.45, 2.75) is 65.7 Å². The molecule has 12 nitrogen and oxygen atoms in total. The second-order valence-corrected chi connectivity index (χ2v) is 22.9. The maximum atomic E-state index is 15.0. The number of carbonyl (C=O) groups is 1. The Morgan fingerprint density at radius 3 is 2.54 bits per heavy atom. The Kier molecular flexibility index (Phi) is 15.8. The zero-order valence-corrected chi connectivity index (χ0v) is 38.3. The number of halogens is 1. The van der Waals surface area contributed by atoms with Crippen LogP contribution in [0.25, 0.3) is 10.2 Å². The summed E-state index contributed by atoms with van der Waals surface area (Å²) in [6.07, 6.45) is 0.960. The maximum absolute atomic E-state index is 15.0. The molecule has 0 atom stereocenters. The van der Waals surface area contributed by atoms with E-state index in [0.29, 0.717) is 55.1 Å². The number of fused-ring (bicyclic) bond motifs is 1. The maximum Gasteiger partial charge on any atom is 0.358 e. The molecule has 0 unspecified atom stereocenters. The highest BCUT2D eigenvalue weighted by Crippen LogP contribution is 2.32. The number of thiazole rings is 2. The molecule has 3 aromatic heterocycles. The molecule has 0 bridgehead atoms. The first kappa shape index (κ1) is 45.1. The van der Waals surface area contributed by atoms with Crippen LogP contribution in [0, 0.1) is 24.6 Å². The molecule has 3 aromatic carbocycles. The lowest BCUT2D eigenvalue weighted by molar-refractivity contribution is 0.0519. The molecule has 61 heavy (non-hydrogen) atoms. The van der Waals surface area contributed by atoms with Crippen molar-refractivity contribution in [3.05, 3.63) is 111 Å². The van der Waals surface area contributed by atoms with Gasteiger partial charge in [-0.2, -0.15) is 4.99 Å². The van der Waals surface area contributed by atoms with Crippen molar-refractivity contribution in [1.29, 1.82) is 0 Å². The Morgan fingerprint density at radius 1 is 1.00 bits per heavy atom. The van der Waals surface area contributed by atoms with Gasteiger partial charge in [0.15, 0.2) is 38.8 Å². The molecule has 16 heteroatoms. The molecule has 0 amide bonds. The van der Waals surface area contributed by atoms with Gasteiger partial charge in [-0.1, -0.05) is 67.1 Å². The first-order valence-corrected chi connectivity index (χ1v) is 25.3. The van der Waals surface area contributed by atoms with Gasteiger partial charge in [-0.15, -0.1) is 21.5 Å². The fourth-order valence-electron chi connectivity index (χ4n) is 5.89.